The van der Waals surface area contributed by atoms with Crippen LogP contribution in [0.5, 0.6) is 0 Å². The van der Waals surface area contributed by atoms with Crippen molar-refractivity contribution in [2.45, 2.75) is 0 Å². The molecule has 0 heterocycles. The number of hydrogen-bond acceptors (Lipinski definition) is 1. The fourth-order valence-electron chi connectivity index (χ4n) is 7.10. The molecule has 9 rings (SSSR count). The van der Waals surface area contributed by atoms with Crippen molar-refractivity contribution in [2.24, 2.45) is 0 Å². The fourth-order valence-corrected chi connectivity index (χ4v) is 7.10. The largest absolute Gasteiger partial charge is 0.311 e. The second kappa shape index (κ2) is 11.3. The second-order valence-corrected chi connectivity index (χ2v) is 12.2. The van der Waals surface area contributed by atoms with E-state index in [1.54, 1.807) is 0 Å². The van der Waals surface area contributed by atoms with E-state index in [0.29, 0.717) is 0 Å². The summed E-state index contributed by atoms with van der Waals surface area (Å²) in [5, 5.41) is 10.3. The molecule has 220 valence electrons. The molecule has 9 aromatic carbocycles. The number of anilines is 3. The van der Waals surface area contributed by atoms with Crippen LogP contribution >= 0.6 is 0 Å². The Morgan fingerprint density at radius 1 is 0.255 bits per heavy atom. The molecular formula is C46H31N. The van der Waals surface area contributed by atoms with E-state index in [9.17, 15) is 0 Å². The van der Waals surface area contributed by atoms with Gasteiger partial charge in [-0.3, -0.25) is 0 Å². The average molecular weight is 598 g/mol. The van der Waals surface area contributed by atoms with Crippen molar-refractivity contribution < 1.29 is 0 Å². The summed E-state index contributed by atoms with van der Waals surface area (Å²) in [6, 6.07) is 68.2. The molecule has 9 aromatic rings. The quantitative estimate of drug-likeness (QED) is 0.178. The van der Waals surface area contributed by atoms with Crippen LogP contribution in [0.2, 0.25) is 0 Å². The summed E-state index contributed by atoms with van der Waals surface area (Å²) in [5.41, 5.74) is 8.26. The number of hydrogen-bond donors (Lipinski definition) is 0. The van der Waals surface area contributed by atoms with E-state index in [2.05, 4.69) is 193 Å². The minimum absolute atomic E-state index is 1.12. The molecular weight excluding hydrogens is 567 g/mol. The molecule has 47 heavy (non-hydrogen) atoms. The van der Waals surface area contributed by atoms with Gasteiger partial charge in [0.1, 0.15) is 0 Å². The summed E-state index contributed by atoms with van der Waals surface area (Å²) in [6.07, 6.45) is 0. The summed E-state index contributed by atoms with van der Waals surface area (Å²) in [7, 11) is 0. The Bertz CT molecular complexity index is 2540. The van der Waals surface area contributed by atoms with Gasteiger partial charge in [0.2, 0.25) is 0 Å². The van der Waals surface area contributed by atoms with Crippen LogP contribution in [0, 0.1) is 0 Å². The first-order chi connectivity index (χ1) is 23.3. The van der Waals surface area contributed by atoms with Crippen molar-refractivity contribution in [3.8, 4) is 22.3 Å². The highest BCUT2D eigenvalue weighted by Crippen LogP contribution is 2.38. The van der Waals surface area contributed by atoms with Gasteiger partial charge in [0.05, 0.1) is 0 Å². The lowest BCUT2D eigenvalue weighted by Crippen LogP contribution is -2.09. The van der Waals surface area contributed by atoms with E-state index in [1.165, 1.54) is 65.3 Å². The van der Waals surface area contributed by atoms with E-state index in [4.69, 9.17) is 0 Å². The van der Waals surface area contributed by atoms with Crippen LogP contribution in [0.25, 0.3) is 65.3 Å². The van der Waals surface area contributed by atoms with Crippen LogP contribution in [0.3, 0.4) is 0 Å². The van der Waals surface area contributed by atoms with E-state index in [1.807, 2.05) is 0 Å². The second-order valence-electron chi connectivity index (χ2n) is 12.2. The van der Waals surface area contributed by atoms with Gasteiger partial charge in [-0.05, 0) is 108 Å². The van der Waals surface area contributed by atoms with Gasteiger partial charge in [0, 0.05) is 17.1 Å². The highest BCUT2D eigenvalue weighted by Gasteiger charge is 2.14. The van der Waals surface area contributed by atoms with E-state index < -0.39 is 0 Å². The van der Waals surface area contributed by atoms with Gasteiger partial charge in [0.15, 0.2) is 0 Å². The summed E-state index contributed by atoms with van der Waals surface area (Å²) < 4.78 is 0. The van der Waals surface area contributed by atoms with Gasteiger partial charge in [-0.25, -0.2) is 0 Å². The standard InChI is InChI=1S/C46H31N/c1-2-12-38(13-3-1)47(40-26-19-35(20-27-40)42-16-8-11-33-9-4-6-14-41(33)42)39-24-17-32(18-25-39)36-22-28-44-37(31-36)23-30-45-43-15-7-5-10-34(43)21-29-46(44)45/h1-31H. The zero-order chi connectivity index (χ0) is 31.2. The lowest BCUT2D eigenvalue weighted by Gasteiger charge is -2.26. The minimum atomic E-state index is 1.12. The molecule has 0 aliphatic heterocycles. The van der Waals surface area contributed by atoms with Crippen LogP contribution in [-0.4, -0.2) is 0 Å². The van der Waals surface area contributed by atoms with Crippen molar-refractivity contribution in [3.63, 3.8) is 0 Å². The molecule has 0 aliphatic rings. The molecule has 0 aromatic heterocycles. The number of para-hydroxylation sites is 1. The molecule has 0 aliphatic carbocycles. The summed E-state index contributed by atoms with van der Waals surface area (Å²) >= 11 is 0. The number of fused-ring (bicyclic) bond motifs is 6. The summed E-state index contributed by atoms with van der Waals surface area (Å²) in [6.45, 7) is 0. The van der Waals surface area contributed by atoms with E-state index in [0.717, 1.165) is 17.1 Å². The van der Waals surface area contributed by atoms with Crippen LogP contribution < -0.4 is 4.90 Å². The Hall–Kier alpha value is -6.18. The molecule has 0 bridgehead atoms. The normalized spacial score (nSPS) is 11.4. The first kappa shape index (κ1) is 27.2. The predicted molar refractivity (Wildman–Crippen MR) is 202 cm³/mol. The van der Waals surface area contributed by atoms with E-state index in [-0.39, 0.29) is 0 Å². The van der Waals surface area contributed by atoms with Crippen molar-refractivity contribution >= 4 is 60.2 Å². The molecule has 0 unspecified atom stereocenters. The Morgan fingerprint density at radius 2 is 0.745 bits per heavy atom. The van der Waals surface area contributed by atoms with Crippen molar-refractivity contribution in [2.75, 3.05) is 4.90 Å². The highest BCUT2D eigenvalue weighted by molar-refractivity contribution is 6.17. The molecule has 0 N–H and O–H groups in total. The average Bonchev–Trinajstić information content (AvgIpc) is 3.15. The number of benzene rings is 9. The molecule has 0 amide bonds. The maximum atomic E-state index is 2.33. The third kappa shape index (κ3) is 4.81. The Morgan fingerprint density at radius 3 is 1.47 bits per heavy atom. The monoisotopic (exact) mass is 597 g/mol. The molecule has 0 fully saturated rings. The molecule has 1 heteroatoms. The Kier molecular flexibility index (Phi) is 6.54. The predicted octanol–water partition coefficient (Wildman–Crippen LogP) is 13.1. The summed E-state index contributed by atoms with van der Waals surface area (Å²) in [5.74, 6) is 0. The van der Waals surface area contributed by atoms with Crippen molar-refractivity contribution in [3.05, 3.63) is 188 Å². The zero-order valence-electron chi connectivity index (χ0n) is 25.8. The van der Waals surface area contributed by atoms with Gasteiger partial charge in [-0.2, -0.15) is 0 Å². The first-order valence-corrected chi connectivity index (χ1v) is 16.2. The van der Waals surface area contributed by atoms with Crippen LogP contribution in [0.4, 0.5) is 17.1 Å². The molecule has 0 atom stereocenters. The third-order valence-corrected chi connectivity index (χ3v) is 9.44. The van der Waals surface area contributed by atoms with Gasteiger partial charge in [-0.1, -0.05) is 146 Å². The minimum Gasteiger partial charge on any atom is -0.311 e. The van der Waals surface area contributed by atoms with Crippen LogP contribution in [-0.2, 0) is 0 Å². The smallest absolute Gasteiger partial charge is 0.0462 e. The molecule has 0 radical (unpaired) electrons. The maximum absolute atomic E-state index is 2.33. The summed E-state index contributed by atoms with van der Waals surface area (Å²) in [4.78, 5) is 2.33. The molecule has 0 saturated carbocycles. The third-order valence-electron chi connectivity index (χ3n) is 9.44. The van der Waals surface area contributed by atoms with Crippen molar-refractivity contribution in [1.29, 1.82) is 0 Å². The highest BCUT2D eigenvalue weighted by atomic mass is 15.1. The molecule has 1 nitrogen and oxygen atoms in total. The van der Waals surface area contributed by atoms with Gasteiger partial charge < -0.3 is 4.90 Å². The van der Waals surface area contributed by atoms with Crippen LogP contribution in [0.1, 0.15) is 0 Å². The Balaban J connectivity index is 1.07. The molecule has 0 spiro atoms. The topological polar surface area (TPSA) is 3.24 Å². The van der Waals surface area contributed by atoms with E-state index >= 15 is 0 Å². The Labute approximate surface area is 274 Å². The van der Waals surface area contributed by atoms with Gasteiger partial charge in [-0.15, -0.1) is 0 Å². The molecule has 0 saturated heterocycles. The maximum Gasteiger partial charge on any atom is 0.0462 e. The van der Waals surface area contributed by atoms with Gasteiger partial charge >= 0.3 is 0 Å². The lowest BCUT2D eigenvalue weighted by molar-refractivity contribution is 1.28. The fraction of sp³-hybridized carbons (Fsp3) is 0. The van der Waals surface area contributed by atoms with Crippen molar-refractivity contribution in [1.82, 2.24) is 0 Å². The van der Waals surface area contributed by atoms with Gasteiger partial charge in [0.25, 0.3) is 0 Å². The zero-order valence-corrected chi connectivity index (χ0v) is 25.8. The first-order valence-electron chi connectivity index (χ1n) is 16.2. The number of rotatable bonds is 5. The van der Waals surface area contributed by atoms with Crippen LogP contribution in [0.15, 0.2) is 188 Å². The lowest BCUT2D eigenvalue weighted by atomic mass is 9.95. The number of nitrogens with zero attached hydrogens (tertiary/aromatic N) is 1. The SMILES string of the molecule is c1ccc(N(c2ccc(-c3ccc4c(ccc5c6ccccc6ccc45)c3)cc2)c2ccc(-c3cccc4ccccc34)cc2)cc1.